The van der Waals surface area contributed by atoms with Crippen LogP contribution in [0.25, 0.3) is 0 Å². The Labute approximate surface area is 250 Å². The average molecular weight is 615 g/mol. The third-order valence-electron chi connectivity index (χ3n) is 7.09. The van der Waals surface area contributed by atoms with Crippen molar-refractivity contribution in [2.75, 3.05) is 32.9 Å². The lowest BCUT2D eigenvalue weighted by Gasteiger charge is -2.39. The first-order valence-electron chi connectivity index (χ1n) is 14.5. The van der Waals surface area contributed by atoms with E-state index in [-0.39, 0.29) is 43.4 Å². The maximum atomic E-state index is 12.5. The standard InChI is InChI=1S/C28H46N4O11/c1-16(7-11-33)13-21(35)29-9-3-5-18-26(40)32-19(27(41)31-18)6-4-10-30-22(36)14-17(2)8-12-42-28-25(39)24(38)23(37)20(15-34)43-28/h13-14,18-20,23-25,28,33-34,37-39H,3-12,15H2,1-2H3,(H,29,35)(H,30,36)(H,31,41)(H,32,40). The monoisotopic (exact) mass is 614 g/mol. The van der Waals surface area contributed by atoms with Crippen LogP contribution in [-0.2, 0) is 28.7 Å². The molecule has 43 heavy (non-hydrogen) atoms. The summed E-state index contributed by atoms with van der Waals surface area (Å²) in [7, 11) is 0. The van der Waals surface area contributed by atoms with Crippen molar-refractivity contribution in [3.63, 3.8) is 0 Å². The molecule has 2 aliphatic rings. The van der Waals surface area contributed by atoms with Crippen molar-refractivity contribution in [1.82, 2.24) is 21.3 Å². The molecule has 0 bridgehead atoms. The molecule has 9 N–H and O–H groups in total. The number of amides is 4. The number of hydrogen-bond acceptors (Lipinski definition) is 11. The zero-order valence-corrected chi connectivity index (χ0v) is 24.7. The van der Waals surface area contributed by atoms with E-state index in [0.29, 0.717) is 50.6 Å². The number of piperazine rings is 1. The van der Waals surface area contributed by atoms with Gasteiger partial charge in [-0.2, -0.15) is 0 Å². The first-order chi connectivity index (χ1) is 20.5. The first kappa shape index (κ1) is 36.3. The van der Waals surface area contributed by atoms with Crippen molar-refractivity contribution in [3.8, 4) is 0 Å². The second-order valence-corrected chi connectivity index (χ2v) is 10.8. The van der Waals surface area contributed by atoms with Gasteiger partial charge in [-0.3, -0.25) is 19.2 Å². The summed E-state index contributed by atoms with van der Waals surface area (Å²) in [5.74, 6) is -1.24. The molecule has 4 amide bonds. The predicted octanol–water partition coefficient (Wildman–Crippen LogP) is -2.76. The van der Waals surface area contributed by atoms with Gasteiger partial charge in [0.05, 0.1) is 13.2 Å². The topological polar surface area (TPSA) is 236 Å². The summed E-state index contributed by atoms with van der Waals surface area (Å²) in [4.78, 5) is 48.9. The number of hydrogen-bond donors (Lipinski definition) is 9. The number of rotatable bonds is 17. The van der Waals surface area contributed by atoms with E-state index in [1.807, 2.05) is 0 Å². The lowest BCUT2D eigenvalue weighted by molar-refractivity contribution is -0.300. The van der Waals surface area contributed by atoms with Crippen LogP contribution in [0.2, 0.25) is 0 Å². The molecule has 0 aromatic carbocycles. The minimum atomic E-state index is -1.53. The molecule has 0 spiro atoms. The van der Waals surface area contributed by atoms with Crippen LogP contribution in [0, 0.1) is 0 Å². The van der Waals surface area contributed by atoms with Crippen LogP contribution >= 0.6 is 0 Å². The highest BCUT2D eigenvalue weighted by Gasteiger charge is 2.44. The van der Waals surface area contributed by atoms with Gasteiger partial charge in [-0.25, -0.2) is 0 Å². The molecule has 15 nitrogen and oxygen atoms in total. The number of aliphatic hydroxyl groups excluding tert-OH is 5. The first-order valence-corrected chi connectivity index (χ1v) is 14.5. The van der Waals surface area contributed by atoms with Crippen molar-refractivity contribution in [2.24, 2.45) is 0 Å². The van der Waals surface area contributed by atoms with Gasteiger partial charge in [0.2, 0.25) is 23.6 Å². The van der Waals surface area contributed by atoms with Gasteiger partial charge >= 0.3 is 0 Å². The summed E-state index contributed by atoms with van der Waals surface area (Å²) in [6.07, 6.45) is -1.67. The summed E-state index contributed by atoms with van der Waals surface area (Å²) in [6.45, 7) is 3.53. The minimum absolute atomic E-state index is 0.0312. The highest BCUT2D eigenvalue weighted by Crippen LogP contribution is 2.22. The molecule has 2 aliphatic heterocycles. The van der Waals surface area contributed by atoms with E-state index in [9.17, 15) is 39.6 Å². The molecule has 7 unspecified atom stereocenters. The minimum Gasteiger partial charge on any atom is -0.396 e. The number of nitrogens with one attached hydrogen (secondary N) is 4. The molecule has 15 heteroatoms. The lowest BCUT2D eigenvalue weighted by Crippen LogP contribution is -2.61. The maximum absolute atomic E-state index is 12.5. The molecule has 2 fully saturated rings. The Morgan fingerprint density at radius 3 is 1.84 bits per heavy atom. The van der Waals surface area contributed by atoms with Crippen LogP contribution < -0.4 is 21.3 Å². The Hall–Kier alpha value is -2.92. The molecule has 0 aliphatic carbocycles. The Morgan fingerprint density at radius 2 is 1.35 bits per heavy atom. The molecule has 7 atom stereocenters. The van der Waals surface area contributed by atoms with Crippen LogP contribution in [-0.4, -0.2) is 125 Å². The molecule has 2 heterocycles. The predicted molar refractivity (Wildman–Crippen MR) is 152 cm³/mol. The number of aliphatic hydroxyl groups is 5. The Bertz CT molecular complexity index is 1000. The molecule has 0 radical (unpaired) electrons. The summed E-state index contributed by atoms with van der Waals surface area (Å²) in [5, 5.41) is 58.6. The normalized spacial score (nSPS) is 28.2. The van der Waals surface area contributed by atoms with Crippen LogP contribution in [0.15, 0.2) is 23.3 Å². The lowest BCUT2D eigenvalue weighted by atomic mass is 9.99. The van der Waals surface area contributed by atoms with Crippen molar-refractivity contribution < 1.29 is 54.2 Å². The molecule has 244 valence electrons. The summed E-state index contributed by atoms with van der Waals surface area (Å²) >= 11 is 0. The maximum Gasteiger partial charge on any atom is 0.243 e. The number of carbonyl (C=O) groups excluding carboxylic acids is 4. The number of carbonyl (C=O) groups is 4. The van der Waals surface area contributed by atoms with Crippen molar-refractivity contribution in [3.05, 3.63) is 23.3 Å². The van der Waals surface area contributed by atoms with Crippen molar-refractivity contribution in [2.45, 2.75) is 95.2 Å². The molecular weight excluding hydrogens is 568 g/mol. The smallest absolute Gasteiger partial charge is 0.243 e. The highest BCUT2D eigenvalue weighted by molar-refractivity contribution is 5.96. The largest absolute Gasteiger partial charge is 0.396 e. The summed E-state index contributed by atoms with van der Waals surface area (Å²) in [6, 6.07) is -1.40. The van der Waals surface area contributed by atoms with E-state index in [1.165, 1.54) is 12.2 Å². The van der Waals surface area contributed by atoms with Gasteiger partial charge in [0, 0.05) is 31.8 Å². The van der Waals surface area contributed by atoms with Gasteiger partial charge in [-0.05, 0) is 52.4 Å². The molecule has 0 aromatic rings. The van der Waals surface area contributed by atoms with Gasteiger partial charge in [-0.15, -0.1) is 0 Å². The molecule has 2 saturated heterocycles. The van der Waals surface area contributed by atoms with E-state index in [0.717, 1.165) is 5.57 Å². The fourth-order valence-corrected chi connectivity index (χ4v) is 4.53. The zero-order chi connectivity index (χ0) is 31.9. The number of ether oxygens (including phenoxy) is 2. The Balaban J connectivity index is 1.62. The van der Waals surface area contributed by atoms with Gasteiger partial charge in [-0.1, -0.05) is 11.1 Å². The quantitative estimate of drug-likeness (QED) is 0.0601. The van der Waals surface area contributed by atoms with E-state index < -0.39 is 49.4 Å². The molecule has 0 saturated carbocycles. The molecular formula is C28H46N4O11. The summed E-state index contributed by atoms with van der Waals surface area (Å²) in [5.41, 5.74) is 1.43. The van der Waals surface area contributed by atoms with E-state index >= 15 is 0 Å². The Morgan fingerprint density at radius 1 is 0.837 bits per heavy atom. The zero-order valence-electron chi connectivity index (χ0n) is 24.7. The van der Waals surface area contributed by atoms with Crippen molar-refractivity contribution in [1.29, 1.82) is 0 Å². The van der Waals surface area contributed by atoms with Gasteiger partial charge < -0.3 is 56.3 Å². The van der Waals surface area contributed by atoms with E-state index in [2.05, 4.69) is 21.3 Å². The second kappa shape index (κ2) is 18.7. The molecule has 0 aromatic heterocycles. The Kier molecular flexibility index (Phi) is 15.8. The van der Waals surface area contributed by atoms with Crippen molar-refractivity contribution >= 4 is 23.6 Å². The molecule has 2 rings (SSSR count). The fourth-order valence-electron chi connectivity index (χ4n) is 4.53. The van der Waals surface area contributed by atoms with Gasteiger partial charge in [0.25, 0.3) is 0 Å². The van der Waals surface area contributed by atoms with Crippen LogP contribution in [0.3, 0.4) is 0 Å². The van der Waals surface area contributed by atoms with Crippen LogP contribution in [0.5, 0.6) is 0 Å². The average Bonchev–Trinajstić information content (AvgIpc) is 2.95. The fraction of sp³-hybridized carbons (Fsp3) is 0.714. The van der Waals surface area contributed by atoms with Gasteiger partial charge in [0.15, 0.2) is 6.29 Å². The third-order valence-corrected chi connectivity index (χ3v) is 7.09. The van der Waals surface area contributed by atoms with E-state index in [1.54, 1.807) is 13.8 Å². The second-order valence-electron chi connectivity index (χ2n) is 10.8. The summed E-state index contributed by atoms with van der Waals surface area (Å²) < 4.78 is 10.7. The third kappa shape index (κ3) is 12.3. The SMILES string of the molecule is CC(=CC(=O)NCCCC1NC(=O)C(CCCNC(=O)C=C(C)CCOC2OC(CO)C(O)C(O)C2O)NC1=O)CCO. The van der Waals surface area contributed by atoms with Crippen LogP contribution in [0.4, 0.5) is 0 Å². The van der Waals surface area contributed by atoms with E-state index in [4.69, 9.17) is 14.6 Å². The van der Waals surface area contributed by atoms with Gasteiger partial charge in [0.1, 0.15) is 36.5 Å². The highest BCUT2D eigenvalue weighted by atomic mass is 16.7. The van der Waals surface area contributed by atoms with Crippen LogP contribution in [0.1, 0.15) is 52.4 Å².